The van der Waals surface area contributed by atoms with Gasteiger partial charge >= 0.3 is 0 Å². The molecule has 2 N–H and O–H groups in total. The number of phenols is 2. The SMILES string of the molecule is Cc1cc(C(CC2CCN(C)CC2)c2cc(C)c(O)c(C)c2)cc(C)c1O. The number of nitrogens with zero attached hydrogens (tertiary/aromatic N) is 1. The Kier molecular flexibility index (Phi) is 5.81. The number of hydrogen-bond acceptors (Lipinski definition) is 3. The lowest BCUT2D eigenvalue weighted by atomic mass is 9.79. The van der Waals surface area contributed by atoms with Crippen LogP contribution in [0.5, 0.6) is 11.5 Å². The van der Waals surface area contributed by atoms with Crippen molar-refractivity contribution >= 4 is 0 Å². The van der Waals surface area contributed by atoms with Gasteiger partial charge < -0.3 is 15.1 Å². The maximum Gasteiger partial charge on any atom is 0.121 e. The third kappa shape index (κ3) is 4.30. The largest absolute Gasteiger partial charge is 0.507 e. The molecule has 1 saturated heterocycles. The Balaban J connectivity index is 2.01. The van der Waals surface area contributed by atoms with Crippen molar-refractivity contribution in [3.63, 3.8) is 0 Å². The molecule has 3 rings (SSSR count). The zero-order valence-electron chi connectivity index (χ0n) is 17.3. The summed E-state index contributed by atoms with van der Waals surface area (Å²) in [7, 11) is 2.20. The van der Waals surface area contributed by atoms with E-state index in [2.05, 4.69) is 36.2 Å². The summed E-state index contributed by atoms with van der Waals surface area (Å²) in [5.41, 5.74) is 6.28. The van der Waals surface area contributed by atoms with Crippen molar-refractivity contribution < 1.29 is 10.2 Å². The third-order valence-corrected chi connectivity index (χ3v) is 6.24. The highest BCUT2D eigenvalue weighted by atomic mass is 16.3. The minimum absolute atomic E-state index is 0.286. The van der Waals surface area contributed by atoms with E-state index >= 15 is 0 Å². The summed E-state index contributed by atoms with van der Waals surface area (Å²) in [6.45, 7) is 10.2. The molecule has 0 aromatic heterocycles. The molecule has 0 saturated carbocycles. The van der Waals surface area contributed by atoms with Gasteiger partial charge in [-0.05, 0) is 106 Å². The maximum atomic E-state index is 10.2. The lowest BCUT2D eigenvalue weighted by Crippen LogP contribution is -2.31. The van der Waals surface area contributed by atoms with E-state index in [1.54, 1.807) is 0 Å². The van der Waals surface area contributed by atoms with Gasteiger partial charge in [0.15, 0.2) is 0 Å². The molecule has 0 amide bonds. The van der Waals surface area contributed by atoms with Gasteiger partial charge in [-0.25, -0.2) is 0 Å². The van der Waals surface area contributed by atoms with E-state index in [9.17, 15) is 10.2 Å². The van der Waals surface area contributed by atoms with Crippen molar-refractivity contribution in [2.24, 2.45) is 5.92 Å². The van der Waals surface area contributed by atoms with Gasteiger partial charge in [0.2, 0.25) is 0 Å². The summed E-state index contributed by atoms with van der Waals surface area (Å²) in [5, 5.41) is 20.4. The average Bonchev–Trinajstić information content (AvgIpc) is 2.63. The molecule has 1 aliphatic heterocycles. The number of hydrogen-bond donors (Lipinski definition) is 2. The van der Waals surface area contributed by atoms with Gasteiger partial charge in [-0.2, -0.15) is 0 Å². The van der Waals surface area contributed by atoms with Crippen LogP contribution in [0.3, 0.4) is 0 Å². The van der Waals surface area contributed by atoms with Crippen LogP contribution in [0, 0.1) is 33.6 Å². The van der Waals surface area contributed by atoms with Gasteiger partial charge in [0.1, 0.15) is 11.5 Å². The summed E-state index contributed by atoms with van der Waals surface area (Å²) >= 11 is 0. The van der Waals surface area contributed by atoms with Crippen molar-refractivity contribution in [1.29, 1.82) is 0 Å². The molecule has 1 heterocycles. The molecular formula is C24H33NO2. The van der Waals surface area contributed by atoms with Gasteiger partial charge in [-0.15, -0.1) is 0 Å². The normalized spacial score (nSPS) is 16.2. The quantitative estimate of drug-likeness (QED) is 0.781. The van der Waals surface area contributed by atoms with Crippen molar-refractivity contribution in [3.05, 3.63) is 57.6 Å². The van der Waals surface area contributed by atoms with E-state index in [4.69, 9.17) is 0 Å². The van der Waals surface area contributed by atoms with Crippen LogP contribution in [-0.4, -0.2) is 35.3 Å². The first-order valence-electron chi connectivity index (χ1n) is 10.0. The zero-order valence-corrected chi connectivity index (χ0v) is 17.3. The number of aromatic hydroxyl groups is 2. The Labute approximate surface area is 163 Å². The number of likely N-dealkylation sites (tertiary alicyclic amines) is 1. The molecule has 0 bridgehead atoms. The third-order valence-electron chi connectivity index (χ3n) is 6.24. The number of benzene rings is 2. The van der Waals surface area contributed by atoms with Gasteiger partial charge in [0, 0.05) is 5.92 Å². The van der Waals surface area contributed by atoms with E-state index < -0.39 is 0 Å². The predicted molar refractivity (Wildman–Crippen MR) is 112 cm³/mol. The fourth-order valence-electron chi connectivity index (χ4n) is 4.48. The molecule has 27 heavy (non-hydrogen) atoms. The molecule has 0 aliphatic carbocycles. The molecular weight excluding hydrogens is 334 g/mol. The highest BCUT2D eigenvalue weighted by molar-refractivity contribution is 5.49. The Morgan fingerprint density at radius 1 is 0.815 bits per heavy atom. The molecule has 1 fully saturated rings. The van der Waals surface area contributed by atoms with E-state index in [-0.39, 0.29) is 5.92 Å². The van der Waals surface area contributed by atoms with Crippen LogP contribution in [0.1, 0.15) is 58.6 Å². The van der Waals surface area contributed by atoms with E-state index in [0.717, 1.165) is 28.7 Å². The highest BCUT2D eigenvalue weighted by Crippen LogP contribution is 2.39. The Bertz CT molecular complexity index is 716. The minimum Gasteiger partial charge on any atom is -0.507 e. The van der Waals surface area contributed by atoms with Crippen LogP contribution < -0.4 is 0 Å². The van der Waals surface area contributed by atoms with Crippen LogP contribution in [0.2, 0.25) is 0 Å². The molecule has 3 nitrogen and oxygen atoms in total. The number of phenolic OH excluding ortho intramolecular Hbond substituents is 2. The molecule has 0 radical (unpaired) electrons. The van der Waals surface area contributed by atoms with Gasteiger partial charge in [0.25, 0.3) is 0 Å². The maximum absolute atomic E-state index is 10.2. The Hall–Kier alpha value is -2.00. The average molecular weight is 368 g/mol. The molecule has 1 aliphatic rings. The summed E-state index contributed by atoms with van der Waals surface area (Å²) in [6.07, 6.45) is 3.58. The minimum atomic E-state index is 0.286. The smallest absolute Gasteiger partial charge is 0.121 e. The fraction of sp³-hybridized carbons (Fsp3) is 0.500. The van der Waals surface area contributed by atoms with Crippen molar-refractivity contribution in [2.75, 3.05) is 20.1 Å². The summed E-state index contributed by atoms with van der Waals surface area (Å²) in [6, 6.07) is 8.55. The van der Waals surface area contributed by atoms with Crippen molar-refractivity contribution in [3.8, 4) is 11.5 Å². The van der Waals surface area contributed by atoms with Gasteiger partial charge in [-0.1, -0.05) is 24.3 Å². The highest BCUT2D eigenvalue weighted by Gasteiger charge is 2.25. The van der Waals surface area contributed by atoms with Crippen LogP contribution in [0.25, 0.3) is 0 Å². The molecule has 0 spiro atoms. The fourth-order valence-corrected chi connectivity index (χ4v) is 4.48. The molecule has 146 valence electrons. The van der Waals surface area contributed by atoms with Gasteiger partial charge in [-0.3, -0.25) is 0 Å². The second kappa shape index (κ2) is 7.93. The van der Waals surface area contributed by atoms with E-state index in [1.807, 2.05) is 27.7 Å². The zero-order chi connectivity index (χ0) is 19.7. The molecule has 2 aromatic carbocycles. The molecule has 0 atom stereocenters. The standard InChI is InChI=1S/C24H33NO2/c1-15-10-20(11-16(2)23(15)26)22(14-19-6-8-25(5)9-7-19)21-12-17(3)24(27)18(4)13-21/h10-13,19,22,26-27H,6-9,14H2,1-5H3. The van der Waals surface area contributed by atoms with Crippen LogP contribution >= 0.6 is 0 Å². The molecule has 3 heteroatoms. The number of rotatable bonds is 4. The molecule has 2 aromatic rings. The lowest BCUT2D eigenvalue weighted by Gasteiger charge is -2.32. The summed E-state index contributed by atoms with van der Waals surface area (Å²) in [5.74, 6) is 1.79. The second-order valence-corrected chi connectivity index (χ2v) is 8.54. The lowest BCUT2D eigenvalue weighted by molar-refractivity contribution is 0.208. The molecule has 0 unspecified atom stereocenters. The Morgan fingerprint density at radius 2 is 1.19 bits per heavy atom. The number of piperidine rings is 1. The van der Waals surface area contributed by atoms with Crippen molar-refractivity contribution in [1.82, 2.24) is 4.90 Å². The van der Waals surface area contributed by atoms with Crippen LogP contribution in [0.15, 0.2) is 24.3 Å². The van der Waals surface area contributed by atoms with Crippen molar-refractivity contribution in [2.45, 2.75) is 52.9 Å². The van der Waals surface area contributed by atoms with Gasteiger partial charge in [0.05, 0.1) is 0 Å². The monoisotopic (exact) mass is 367 g/mol. The van der Waals surface area contributed by atoms with Crippen LogP contribution in [0.4, 0.5) is 0 Å². The van der Waals surface area contributed by atoms with E-state index in [1.165, 1.54) is 37.1 Å². The first-order chi connectivity index (χ1) is 12.8. The van der Waals surface area contributed by atoms with Crippen LogP contribution in [-0.2, 0) is 0 Å². The first-order valence-corrected chi connectivity index (χ1v) is 10.0. The number of aryl methyl sites for hydroxylation is 4. The first kappa shape index (κ1) is 19.8. The second-order valence-electron chi connectivity index (χ2n) is 8.54. The predicted octanol–water partition coefficient (Wildman–Crippen LogP) is 5.20. The van der Waals surface area contributed by atoms with E-state index in [0.29, 0.717) is 17.4 Å². The summed E-state index contributed by atoms with van der Waals surface area (Å²) in [4.78, 5) is 2.41. The summed E-state index contributed by atoms with van der Waals surface area (Å²) < 4.78 is 0. The Morgan fingerprint density at radius 3 is 1.56 bits per heavy atom. The topological polar surface area (TPSA) is 43.7 Å².